The lowest BCUT2D eigenvalue weighted by Crippen LogP contribution is -2.28. The summed E-state index contributed by atoms with van der Waals surface area (Å²) in [5.74, 6) is -0.190. The second-order valence-corrected chi connectivity index (χ2v) is 6.76. The molecule has 8 heteroatoms. The Morgan fingerprint density at radius 1 is 1.14 bits per heavy atom. The largest absolute Gasteiger partial charge is 0.454 e. The van der Waals surface area contributed by atoms with Crippen molar-refractivity contribution in [1.82, 2.24) is 4.90 Å². The molecular weight excluding hydrogens is 362 g/mol. The number of benzene rings is 2. The Morgan fingerprint density at radius 3 is 2.75 bits per heavy atom. The predicted molar refractivity (Wildman–Crippen MR) is 99.7 cm³/mol. The van der Waals surface area contributed by atoms with Crippen molar-refractivity contribution >= 4 is 23.4 Å². The molecule has 0 bridgehead atoms. The Labute approximate surface area is 161 Å². The quantitative estimate of drug-likeness (QED) is 0.815. The molecule has 2 heterocycles. The van der Waals surface area contributed by atoms with Crippen LogP contribution in [0.25, 0.3) is 0 Å². The molecule has 0 aliphatic carbocycles. The number of amides is 3. The van der Waals surface area contributed by atoms with E-state index in [2.05, 4.69) is 5.32 Å². The number of fused-ring (bicyclic) bond motifs is 1. The zero-order chi connectivity index (χ0) is 19.7. The number of primary amides is 1. The smallest absolute Gasteiger partial charge is 0.250 e. The Bertz CT molecular complexity index is 959. The average Bonchev–Trinajstić information content (AvgIpc) is 3.28. The summed E-state index contributed by atoms with van der Waals surface area (Å²) in [6, 6.07) is 12.0. The van der Waals surface area contributed by atoms with Crippen LogP contribution in [-0.4, -0.2) is 36.0 Å². The molecule has 144 valence electrons. The van der Waals surface area contributed by atoms with Gasteiger partial charge < -0.3 is 25.4 Å². The van der Waals surface area contributed by atoms with Crippen molar-refractivity contribution in [1.29, 1.82) is 0 Å². The van der Waals surface area contributed by atoms with Gasteiger partial charge >= 0.3 is 0 Å². The topological polar surface area (TPSA) is 111 Å². The number of carbonyl (C=O) groups excluding carboxylic acids is 3. The number of hydrogen-bond acceptors (Lipinski definition) is 5. The highest BCUT2D eigenvalue weighted by atomic mass is 16.7. The van der Waals surface area contributed by atoms with Gasteiger partial charge in [0.1, 0.15) is 0 Å². The van der Waals surface area contributed by atoms with E-state index in [0.717, 1.165) is 5.56 Å². The zero-order valence-electron chi connectivity index (χ0n) is 15.0. The minimum absolute atomic E-state index is 0.0963. The number of hydrogen-bond donors (Lipinski definition) is 2. The van der Waals surface area contributed by atoms with Gasteiger partial charge in [-0.05, 0) is 29.8 Å². The van der Waals surface area contributed by atoms with Crippen LogP contribution < -0.4 is 20.5 Å². The van der Waals surface area contributed by atoms with E-state index in [0.29, 0.717) is 30.3 Å². The van der Waals surface area contributed by atoms with Crippen molar-refractivity contribution in [2.75, 3.05) is 18.7 Å². The Morgan fingerprint density at radius 2 is 1.93 bits per heavy atom. The van der Waals surface area contributed by atoms with Crippen LogP contribution in [0.4, 0.5) is 5.69 Å². The lowest BCUT2D eigenvalue weighted by Gasteiger charge is -2.17. The van der Waals surface area contributed by atoms with E-state index < -0.39 is 11.8 Å². The Balaban J connectivity index is 1.42. The molecule has 1 fully saturated rings. The summed E-state index contributed by atoms with van der Waals surface area (Å²) < 4.78 is 10.6. The number of nitrogens with one attached hydrogen (secondary N) is 1. The first kappa shape index (κ1) is 17.8. The van der Waals surface area contributed by atoms with Crippen LogP contribution in [0.2, 0.25) is 0 Å². The van der Waals surface area contributed by atoms with Crippen LogP contribution in [0.15, 0.2) is 42.5 Å². The number of anilines is 1. The number of para-hydroxylation sites is 1. The van der Waals surface area contributed by atoms with Crippen molar-refractivity contribution in [3.63, 3.8) is 0 Å². The molecule has 1 atom stereocenters. The minimum atomic E-state index is -0.622. The van der Waals surface area contributed by atoms with Gasteiger partial charge in [-0.3, -0.25) is 14.4 Å². The van der Waals surface area contributed by atoms with Crippen LogP contribution in [0.1, 0.15) is 22.3 Å². The molecule has 8 nitrogen and oxygen atoms in total. The summed E-state index contributed by atoms with van der Waals surface area (Å²) >= 11 is 0. The minimum Gasteiger partial charge on any atom is -0.454 e. The lowest BCUT2D eigenvalue weighted by molar-refractivity contribution is -0.128. The molecule has 0 spiro atoms. The molecular formula is C20H19N3O5. The van der Waals surface area contributed by atoms with E-state index in [1.54, 1.807) is 29.2 Å². The third kappa shape index (κ3) is 3.48. The third-order valence-corrected chi connectivity index (χ3v) is 4.85. The molecule has 1 unspecified atom stereocenters. The first-order valence-corrected chi connectivity index (χ1v) is 8.87. The number of nitrogens with two attached hydrogens (primary N) is 1. The van der Waals surface area contributed by atoms with E-state index >= 15 is 0 Å². The zero-order valence-corrected chi connectivity index (χ0v) is 15.0. The number of nitrogens with zero attached hydrogens (tertiary/aromatic N) is 1. The first-order chi connectivity index (χ1) is 13.5. The highest BCUT2D eigenvalue weighted by Gasteiger charge is 2.34. The van der Waals surface area contributed by atoms with Gasteiger partial charge in [-0.25, -0.2) is 0 Å². The van der Waals surface area contributed by atoms with Gasteiger partial charge in [0.2, 0.25) is 18.6 Å². The normalized spacial score (nSPS) is 17.6. The standard InChI is InChI=1S/C20H19N3O5/c21-19(25)14-3-1-2-4-15(14)22-20(26)13-8-18(24)23(10-13)9-12-5-6-16-17(7-12)28-11-27-16/h1-7,13H,8-11H2,(H2,21,25)(H,22,26). The van der Waals surface area contributed by atoms with Crippen LogP contribution >= 0.6 is 0 Å². The summed E-state index contributed by atoms with van der Waals surface area (Å²) in [6.07, 6.45) is 0.120. The number of ether oxygens (including phenoxy) is 2. The van der Waals surface area contributed by atoms with Gasteiger partial charge in [-0.15, -0.1) is 0 Å². The molecule has 2 aromatic rings. The predicted octanol–water partition coefficient (Wildman–Crippen LogP) is 1.50. The van der Waals surface area contributed by atoms with Crippen molar-refractivity contribution in [2.24, 2.45) is 11.7 Å². The molecule has 1 saturated heterocycles. The van der Waals surface area contributed by atoms with E-state index in [-0.39, 0.29) is 30.6 Å². The maximum absolute atomic E-state index is 12.6. The van der Waals surface area contributed by atoms with Gasteiger partial charge in [0.05, 0.1) is 17.2 Å². The van der Waals surface area contributed by atoms with E-state index in [9.17, 15) is 14.4 Å². The second kappa shape index (κ2) is 7.22. The lowest BCUT2D eigenvalue weighted by atomic mass is 10.1. The fourth-order valence-electron chi connectivity index (χ4n) is 3.40. The molecule has 3 N–H and O–H groups in total. The highest BCUT2D eigenvalue weighted by molar-refractivity contribution is 6.04. The third-order valence-electron chi connectivity index (χ3n) is 4.85. The van der Waals surface area contributed by atoms with E-state index in [4.69, 9.17) is 15.2 Å². The second-order valence-electron chi connectivity index (χ2n) is 6.76. The van der Waals surface area contributed by atoms with E-state index in [1.165, 1.54) is 0 Å². The van der Waals surface area contributed by atoms with Gasteiger partial charge in [0, 0.05) is 19.5 Å². The van der Waals surface area contributed by atoms with Crippen LogP contribution in [0, 0.1) is 5.92 Å². The number of likely N-dealkylation sites (tertiary alicyclic amines) is 1. The van der Waals surface area contributed by atoms with Gasteiger partial charge in [-0.2, -0.15) is 0 Å². The molecule has 4 rings (SSSR count). The molecule has 0 radical (unpaired) electrons. The Hall–Kier alpha value is -3.55. The van der Waals surface area contributed by atoms with Gasteiger partial charge in [0.25, 0.3) is 5.91 Å². The summed E-state index contributed by atoms with van der Waals surface area (Å²) in [4.78, 5) is 38.1. The van der Waals surface area contributed by atoms with Crippen LogP contribution in [0.5, 0.6) is 11.5 Å². The SMILES string of the molecule is NC(=O)c1ccccc1NC(=O)C1CC(=O)N(Cc2ccc3c(c2)OCO3)C1. The fraction of sp³-hybridized carbons (Fsp3) is 0.250. The Kier molecular flexibility index (Phi) is 4.60. The van der Waals surface area contributed by atoms with E-state index in [1.807, 2.05) is 18.2 Å². The summed E-state index contributed by atoms with van der Waals surface area (Å²) in [5.41, 5.74) is 6.82. The maximum Gasteiger partial charge on any atom is 0.250 e. The molecule has 28 heavy (non-hydrogen) atoms. The van der Waals surface area contributed by atoms with Crippen molar-refractivity contribution in [3.8, 4) is 11.5 Å². The van der Waals surface area contributed by atoms with Crippen molar-refractivity contribution in [3.05, 3.63) is 53.6 Å². The first-order valence-electron chi connectivity index (χ1n) is 8.87. The van der Waals surface area contributed by atoms with Crippen molar-refractivity contribution < 1.29 is 23.9 Å². The fourth-order valence-corrected chi connectivity index (χ4v) is 3.40. The molecule has 0 aromatic heterocycles. The summed E-state index contributed by atoms with van der Waals surface area (Å²) in [7, 11) is 0. The molecule has 2 aliphatic rings. The highest BCUT2D eigenvalue weighted by Crippen LogP contribution is 2.33. The summed E-state index contributed by atoms with van der Waals surface area (Å²) in [5, 5.41) is 2.72. The number of carbonyl (C=O) groups is 3. The van der Waals surface area contributed by atoms with Crippen LogP contribution in [-0.2, 0) is 16.1 Å². The van der Waals surface area contributed by atoms with Gasteiger partial charge in [0.15, 0.2) is 11.5 Å². The molecule has 2 aliphatic heterocycles. The van der Waals surface area contributed by atoms with Crippen LogP contribution in [0.3, 0.4) is 0 Å². The average molecular weight is 381 g/mol. The van der Waals surface area contributed by atoms with Gasteiger partial charge in [-0.1, -0.05) is 18.2 Å². The number of rotatable bonds is 5. The maximum atomic E-state index is 12.6. The molecule has 2 aromatic carbocycles. The molecule has 3 amide bonds. The monoisotopic (exact) mass is 381 g/mol. The van der Waals surface area contributed by atoms with Crippen molar-refractivity contribution in [2.45, 2.75) is 13.0 Å². The summed E-state index contributed by atoms with van der Waals surface area (Å²) in [6.45, 7) is 0.880. The molecule has 0 saturated carbocycles.